The first-order valence-electron chi connectivity index (χ1n) is 6.01. The summed E-state index contributed by atoms with van der Waals surface area (Å²) in [7, 11) is 3.34. The first-order chi connectivity index (χ1) is 9.69. The molecule has 0 aromatic heterocycles. The van der Waals surface area contributed by atoms with Crippen molar-refractivity contribution >= 4 is 39.6 Å². The molecule has 0 saturated carbocycles. The molecule has 3 N–H and O–H groups in total. The highest BCUT2D eigenvalue weighted by Gasteiger charge is 2.07. The van der Waals surface area contributed by atoms with E-state index in [1.54, 1.807) is 21.6 Å². The minimum absolute atomic E-state index is 0.195. The number of benzene rings is 1. The molecule has 1 amide bonds. The Morgan fingerprint density at radius 2 is 1.70 bits per heavy atom. The number of hydrogen-bond donors (Lipinski definition) is 2. The van der Waals surface area contributed by atoms with E-state index in [0.29, 0.717) is 18.7 Å². The summed E-state index contributed by atoms with van der Waals surface area (Å²) in [5.41, 5.74) is 6.11. The van der Waals surface area contributed by atoms with Gasteiger partial charge in [0, 0.05) is 35.7 Å². The second kappa shape index (κ2) is 9.57. The molecular weight excluding hydrogens is 296 g/mol. The smallest absolute Gasteiger partial charge is 0.251 e. The zero-order chi connectivity index (χ0) is 14.8. The van der Waals surface area contributed by atoms with E-state index >= 15 is 0 Å². The third-order valence-corrected chi connectivity index (χ3v) is 4.73. The van der Waals surface area contributed by atoms with Crippen LogP contribution in [-0.2, 0) is 4.79 Å². The van der Waals surface area contributed by atoms with Gasteiger partial charge in [-0.1, -0.05) is 33.7 Å². The summed E-state index contributed by atoms with van der Waals surface area (Å²) in [5.74, 6) is 0.910. The average Bonchev–Trinajstić information content (AvgIpc) is 2.50. The highest BCUT2D eigenvalue weighted by atomic mass is 33.1. The quantitative estimate of drug-likeness (QED) is 0.234. The highest BCUT2D eigenvalue weighted by molar-refractivity contribution is 8.76. The van der Waals surface area contributed by atoms with Crippen molar-refractivity contribution in [3.8, 4) is 0 Å². The van der Waals surface area contributed by atoms with Crippen LogP contribution < -0.4 is 11.1 Å². The molecule has 0 bridgehead atoms. The van der Waals surface area contributed by atoms with Crippen LogP contribution in [0.2, 0.25) is 0 Å². The molecule has 0 aliphatic carbocycles. The van der Waals surface area contributed by atoms with E-state index in [9.17, 15) is 14.4 Å². The summed E-state index contributed by atoms with van der Waals surface area (Å²) in [6.45, 7) is 1.21. The summed E-state index contributed by atoms with van der Waals surface area (Å²) in [4.78, 5) is 33.2. The normalized spacial score (nSPS) is 10.1. The van der Waals surface area contributed by atoms with Crippen LogP contribution in [0.1, 0.15) is 20.7 Å². The van der Waals surface area contributed by atoms with E-state index < -0.39 is 5.78 Å². The topological polar surface area (TPSA) is 89.3 Å². The van der Waals surface area contributed by atoms with E-state index in [2.05, 4.69) is 5.32 Å². The van der Waals surface area contributed by atoms with Crippen LogP contribution in [0.15, 0.2) is 24.3 Å². The molecule has 5 nitrogen and oxygen atoms in total. The first kappa shape index (κ1) is 16.7. The fourth-order valence-corrected chi connectivity index (χ4v) is 3.09. The van der Waals surface area contributed by atoms with Crippen molar-refractivity contribution in [1.82, 2.24) is 5.32 Å². The van der Waals surface area contributed by atoms with E-state index in [0.717, 1.165) is 11.5 Å². The van der Waals surface area contributed by atoms with Crippen molar-refractivity contribution in [2.45, 2.75) is 0 Å². The predicted molar refractivity (Wildman–Crippen MR) is 83.1 cm³/mol. The van der Waals surface area contributed by atoms with Gasteiger partial charge >= 0.3 is 0 Å². The number of aldehydes is 1. The molecule has 0 fully saturated rings. The molecule has 20 heavy (non-hydrogen) atoms. The SMILES string of the molecule is NCCSSCCNC(=O)c1ccc(C(=O)C=O)cc1. The van der Waals surface area contributed by atoms with Crippen molar-refractivity contribution < 1.29 is 14.4 Å². The zero-order valence-electron chi connectivity index (χ0n) is 10.8. The number of carbonyl (C=O) groups is 3. The van der Waals surface area contributed by atoms with Gasteiger partial charge in [-0.15, -0.1) is 0 Å². The van der Waals surface area contributed by atoms with Crippen molar-refractivity contribution in [2.24, 2.45) is 5.73 Å². The first-order valence-corrected chi connectivity index (χ1v) is 8.50. The lowest BCUT2D eigenvalue weighted by Crippen LogP contribution is -2.25. The average molecular weight is 312 g/mol. The number of Topliss-reactive ketones (excluding diaryl/α,β-unsaturated/α-hetero) is 1. The van der Waals surface area contributed by atoms with Crippen molar-refractivity contribution in [1.29, 1.82) is 0 Å². The van der Waals surface area contributed by atoms with Crippen molar-refractivity contribution in [2.75, 3.05) is 24.6 Å². The van der Waals surface area contributed by atoms with Gasteiger partial charge in [-0.2, -0.15) is 0 Å². The standard InChI is InChI=1S/C13H16N2O3S2/c14-5-7-19-20-8-6-15-13(18)11-3-1-10(2-4-11)12(17)9-16/h1-4,9H,5-8,14H2,(H,15,18). The Balaban J connectivity index is 2.36. The number of rotatable bonds is 9. The molecule has 0 saturated heterocycles. The Hall–Kier alpha value is -1.31. The lowest BCUT2D eigenvalue weighted by atomic mass is 10.1. The Bertz CT molecular complexity index is 463. The van der Waals surface area contributed by atoms with E-state index in [1.807, 2.05) is 0 Å². The van der Waals surface area contributed by atoms with Crippen LogP contribution in [0.3, 0.4) is 0 Å². The maximum atomic E-state index is 11.8. The third-order valence-electron chi connectivity index (χ3n) is 2.29. The lowest BCUT2D eigenvalue weighted by Gasteiger charge is -2.05. The molecule has 0 atom stereocenters. The molecule has 1 aromatic rings. The summed E-state index contributed by atoms with van der Waals surface area (Å²) >= 11 is 0. The highest BCUT2D eigenvalue weighted by Crippen LogP contribution is 2.18. The largest absolute Gasteiger partial charge is 0.351 e. The van der Waals surface area contributed by atoms with Gasteiger partial charge in [0.25, 0.3) is 5.91 Å². The Morgan fingerprint density at radius 3 is 2.30 bits per heavy atom. The van der Waals surface area contributed by atoms with E-state index in [4.69, 9.17) is 5.73 Å². The van der Waals surface area contributed by atoms with Crippen LogP contribution in [0.4, 0.5) is 0 Å². The maximum Gasteiger partial charge on any atom is 0.251 e. The van der Waals surface area contributed by atoms with E-state index in [1.165, 1.54) is 24.3 Å². The van der Waals surface area contributed by atoms with Gasteiger partial charge in [-0.25, -0.2) is 0 Å². The van der Waals surface area contributed by atoms with Gasteiger partial charge in [0.1, 0.15) is 0 Å². The lowest BCUT2D eigenvalue weighted by molar-refractivity contribution is -0.104. The van der Waals surface area contributed by atoms with Crippen molar-refractivity contribution in [3.63, 3.8) is 0 Å². The van der Waals surface area contributed by atoms with Crippen LogP contribution in [0, 0.1) is 0 Å². The molecule has 108 valence electrons. The number of hydrogen-bond acceptors (Lipinski definition) is 6. The fraction of sp³-hybridized carbons (Fsp3) is 0.308. The number of nitrogens with one attached hydrogen (secondary N) is 1. The predicted octanol–water partition coefficient (Wildman–Crippen LogP) is 1.14. The number of amides is 1. The van der Waals surface area contributed by atoms with Crippen LogP contribution in [0.25, 0.3) is 0 Å². The Labute approximate surface area is 125 Å². The second-order valence-electron chi connectivity index (χ2n) is 3.75. The fourth-order valence-electron chi connectivity index (χ4n) is 1.33. The van der Waals surface area contributed by atoms with Gasteiger partial charge in [0.2, 0.25) is 5.78 Å². The van der Waals surface area contributed by atoms with Gasteiger partial charge in [-0.05, 0) is 12.1 Å². The summed E-state index contributed by atoms with van der Waals surface area (Å²) in [6.07, 6.45) is 0.255. The van der Waals surface area contributed by atoms with Crippen LogP contribution in [0.5, 0.6) is 0 Å². The van der Waals surface area contributed by atoms with Gasteiger partial charge in [0.05, 0.1) is 0 Å². The van der Waals surface area contributed by atoms with Gasteiger partial charge < -0.3 is 11.1 Å². The minimum atomic E-state index is -0.592. The third kappa shape index (κ3) is 5.77. The molecule has 1 rings (SSSR count). The molecule has 0 heterocycles. The number of ketones is 1. The molecule has 0 spiro atoms. The molecule has 0 unspecified atom stereocenters. The van der Waals surface area contributed by atoms with Gasteiger partial charge in [-0.3, -0.25) is 14.4 Å². The summed E-state index contributed by atoms with van der Waals surface area (Å²) < 4.78 is 0. The number of carbonyl (C=O) groups excluding carboxylic acids is 3. The van der Waals surface area contributed by atoms with E-state index in [-0.39, 0.29) is 17.8 Å². The van der Waals surface area contributed by atoms with Gasteiger partial charge in [0.15, 0.2) is 6.29 Å². The summed E-state index contributed by atoms with van der Waals surface area (Å²) in [5, 5.41) is 2.78. The number of nitrogens with two attached hydrogens (primary N) is 1. The second-order valence-corrected chi connectivity index (χ2v) is 6.45. The van der Waals surface area contributed by atoms with Crippen molar-refractivity contribution in [3.05, 3.63) is 35.4 Å². The monoisotopic (exact) mass is 312 g/mol. The Morgan fingerprint density at radius 1 is 1.10 bits per heavy atom. The molecule has 0 aliphatic rings. The Kier molecular flexibility index (Phi) is 8.01. The molecule has 7 heteroatoms. The molecule has 1 aromatic carbocycles. The minimum Gasteiger partial charge on any atom is -0.351 e. The zero-order valence-corrected chi connectivity index (χ0v) is 12.5. The molecular formula is C13H16N2O3S2. The van der Waals surface area contributed by atoms with Crippen LogP contribution >= 0.6 is 21.6 Å². The molecule has 0 aliphatic heterocycles. The summed E-state index contributed by atoms with van der Waals surface area (Å²) in [6, 6.07) is 6.00. The maximum absolute atomic E-state index is 11.8. The molecule has 0 radical (unpaired) electrons. The van der Waals surface area contributed by atoms with Crippen LogP contribution in [-0.4, -0.2) is 42.6 Å².